The molecule has 2 N–H and O–H groups in total. The molecule has 1 aromatic carbocycles. The molecule has 0 saturated heterocycles. The Bertz CT molecular complexity index is 454. The second-order valence-corrected chi connectivity index (χ2v) is 3.77. The summed E-state index contributed by atoms with van der Waals surface area (Å²) in [6, 6.07) is 6.77. The zero-order valence-electron chi connectivity index (χ0n) is 8.16. The van der Waals surface area contributed by atoms with Crippen LogP contribution in [0.3, 0.4) is 0 Å². The van der Waals surface area contributed by atoms with Crippen LogP contribution in [-0.2, 0) is 4.79 Å². The molecule has 0 fully saturated rings. The van der Waals surface area contributed by atoms with Gasteiger partial charge in [0.1, 0.15) is 0 Å². The van der Waals surface area contributed by atoms with Crippen molar-refractivity contribution in [3.05, 3.63) is 34.3 Å². The Balaban J connectivity index is 2.54. The SMILES string of the molecule is N#CNC(=O)CNC(=O)c1cccc(Br)c1. The Kier molecular flexibility index (Phi) is 4.48. The molecule has 0 radical (unpaired) electrons. The molecule has 0 spiro atoms. The van der Waals surface area contributed by atoms with Crippen molar-refractivity contribution in [1.82, 2.24) is 10.6 Å². The quantitative estimate of drug-likeness (QED) is 0.634. The molecule has 16 heavy (non-hydrogen) atoms. The summed E-state index contributed by atoms with van der Waals surface area (Å²) in [5, 5.41) is 12.4. The summed E-state index contributed by atoms with van der Waals surface area (Å²) in [5.74, 6) is -0.916. The number of halogens is 1. The second-order valence-electron chi connectivity index (χ2n) is 2.85. The fourth-order valence-electron chi connectivity index (χ4n) is 0.999. The maximum Gasteiger partial charge on any atom is 0.252 e. The molecule has 1 rings (SSSR count). The summed E-state index contributed by atoms with van der Waals surface area (Å²) in [6.45, 7) is -0.223. The summed E-state index contributed by atoms with van der Waals surface area (Å²) in [6.07, 6.45) is 1.48. The lowest BCUT2D eigenvalue weighted by atomic mass is 10.2. The third-order valence-corrected chi connectivity index (χ3v) is 2.18. The van der Waals surface area contributed by atoms with E-state index in [2.05, 4.69) is 21.2 Å². The van der Waals surface area contributed by atoms with Gasteiger partial charge in [-0.1, -0.05) is 22.0 Å². The lowest BCUT2D eigenvalue weighted by Gasteiger charge is -2.03. The summed E-state index contributed by atoms with van der Waals surface area (Å²) in [7, 11) is 0. The van der Waals surface area contributed by atoms with Crippen LogP contribution >= 0.6 is 15.9 Å². The number of benzene rings is 1. The molecule has 0 aliphatic heterocycles. The van der Waals surface area contributed by atoms with Crippen molar-refractivity contribution in [2.24, 2.45) is 0 Å². The molecule has 0 saturated carbocycles. The molecule has 1 aromatic rings. The van der Waals surface area contributed by atoms with E-state index in [4.69, 9.17) is 5.26 Å². The van der Waals surface area contributed by atoms with Gasteiger partial charge in [0.25, 0.3) is 11.8 Å². The van der Waals surface area contributed by atoms with Crippen molar-refractivity contribution >= 4 is 27.7 Å². The van der Waals surface area contributed by atoms with Gasteiger partial charge in [-0.05, 0) is 18.2 Å². The van der Waals surface area contributed by atoms with Crippen molar-refractivity contribution < 1.29 is 9.59 Å². The molecule has 6 heteroatoms. The number of amides is 2. The van der Waals surface area contributed by atoms with Crippen LogP contribution in [0.5, 0.6) is 0 Å². The summed E-state index contributed by atoms with van der Waals surface area (Å²) in [5.41, 5.74) is 0.444. The topological polar surface area (TPSA) is 82.0 Å². The molecule has 0 aliphatic rings. The Morgan fingerprint density at radius 1 is 1.44 bits per heavy atom. The molecule has 5 nitrogen and oxygen atoms in total. The van der Waals surface area contributed by atoms with Crippen molar-refractivity contribution in [1.29, 1.82) is 5.26 Å². The van der Waals surface area contributed by atoms with E-state index in [1.54, 1.807) is 24.3 Å². The number of hydrogen-bond acceptors (Lipinski definition) is 3. The van der Waals surface area contributed by atoms with Gasteiger partial charge in [-0.25, -0.2) is 0 Å². The van der Waals surface area contributed by atoms with E-state index in [1.807, 2.05) is 5.32 Å². The van der Waals surface area contributed by atoms with Crippen LogP contribution in [0.15, 0.2) is 28.7 Å². The highest BCUT2D eigenvalue weighted by Crippen LogP contribution is 2.11. The summed E-state index contributed by atoms with van der Waals surface area (Å²) >= 11 is 3.23. The summed E-state index contributed by atoms with van der Waals surface area (Å²) < 4.78 is 0.779. The van der Waals surface area contributed by atoms with Gasteiger partial charge in [0, 0.05) is 10.0 Å². The van der Waals surface area contributed by atoms with Crippen LogP contribution in [0.4, 0.5) is 0 Å². The van der Waals surface area contributed by atoms with E-state index >= 15 is 0 Å². The van der Waals surface area contributed by atoms with E-state index in [0.29, 0.717) is 5.56 Å². The average molecular weight is 282 g/mol. The maximum atomic E-state index is 11.5. The van der Waals surface area contributed by atoms with Gasteiger partial charge in [-0.2, -0.15) is 5.26 Å². The predicted octanol–water partition coefficient (Wildman–Crippen LogP) is 0.776. The molecule has 82 valence electrons. The average Bonchev–Trinajstić information content (AvgIpc) is 2.26. The minimum Gasteiger partial charge on any atom is -0.343 e. The van der Waals surface area contributed by atoms with Crippen molar-refractivity contribution in [3.63, 3.8) is 0 Å². The number of rotatable bonds is 3. The highest BCUT2D eigenvalue weighted by atomic mass is 79.9. The van der Waals surface area contributed by atoms with Gasteiger partial charge in [-0.15, -0.1) is 0 Å². The minimum absolute atomic E-state index is 0.223. The minimum atomic E-state index is -0.550. The van der Waals surface area contributed by atoms with Crippen molar-refractivity contribution in [2.75, 3.05) is 6.54 Å². The molecular weight excluding hydrogens is 274 g/mol. The van der Waals surface area contributed by atoms with Gasteiger partial charge in [0.15, 0.2) is 6.19 Å². The van der Waals surface area contributed by atoms with E-state index < -0.39 is 5.91 Å². The van der Waals surface area contributed by atoms with Crippen LogP contribution < -0.4 is 10.6 Å². The fourth-order valence-corrected chi connectivity index (χ4v) is 1.40. The number of carbonyl (C=O) groups is 2. The van der Waals surface area contributed by atoms with E-state index in [1.165, 1.54) is 6.19 Å². The van der Waals surface area contributed by atoms with E-state index in [9.17, 15) is 9.59 Å². The van der Waals surface area contributed by atoms with Gasteiger partial charge in [0.05, 0.1) is 6.54 Å². The standard InChI is InChI=1S/C10H8BrN3O2/c11-8-3-1-2-7(4-8)10(16)13-5-9(15)14-6-12/h1-4H,5H2,(H,13,16)(H,14,15). The number of nitriles is 1. The van der Waals surface area contributed by atoms with Gasteiger partial charge in [0.2, 0.25) is 0 Å². The van der Waals surface area contributed by atoms with Crippen LogP contribution in [0.25, 0.3) is 0 Å². The van der Waals surface area contributed by atoms with Crippen LogP contribution in [0, 0.1) is 11.5 Å². The zero-order valence-corrected chi connectivity index (χ0v) is 9.74. The van der Waals surface area contributed by atoms with Crippen molar-refractivity contribution in [2.45, 2.75) is 0 Å². The van der Waals surface area contributed by atoms with Crippen molar-refractivity contribution in [3.8, 4) is 6.19 Å². The first-order chi connectivity index (χ1) is 7.63. The Hall–Kier alpha value is -1.87. The smallest absolute Gasteiger partial charge is 0.252 e. The number of hydrogen-bond donors (Lipinski definition) is 2. The number of carbonyl (C=O) groups excluding carboxylic acids is 2. The second kappa shape index (κ2) is 5.88. The highest BCUT2D eigenvalue weighted by molar-refractivity contribution is 9.10. The third kappa shape index (κ3) is 3.71. The Morgan fingerprint density at radius 2 is 2.19 bits per heavy atom. The monoisotopic (exact) mass is 281 g/mol. The number of nitrogens with zero attached hydrogens (tertiary/aromatic N) is 1. The Labute approximate surface area is 101 Å². The third-order valence-electron chi connectivity index (χ3n) is 1.69. The number of nitrogens with one attached hydrogen (secondary N) is 2. The van der Waals surface area contributed by atoms with Crippen LogP contribution in [0.2, 0.25) is 0 Å². The van der Waals surface area contributed by atoms with Gasteiger partial charge < -0.3 is 5.32 Å². The van der Waals surface area contributed by atoms with Gasteiger partial charge in [-0.3, -0.25) is 14.9 Å². The van der Waals surface area contributed by atoms with Crippen LogP contribution in [-0.4, -0.2) is 18.4 Å². The first kappa shape index (κ1) is 12.2. The first-order valence-electron chi connectivity index (χ1n) is 4.35. The lowest BCUT2D eigenvalue weighted by molar-refractivity contribution is -0.119. The molecule has 0 atom stereocenters. The zero-order chi connectivity index (χ0) is 12.0. The maximum absolute atomic E-state index is 11.5. The molecule has 0 bridgehead atoms. The predicted molar refractivity (Wildman–Crippen MR) is 60.2 cm³/mol. The first-order valence-corrected chi connectivity index (χ1v) is 5.14. The van der Waals surface area contributed by atoms with Gasteiger partial charge >= 0.3 is 0 Å². The van der Waals surface area contributed by atoms with E-state index in [-0.39, 0.29) is 12.5 Å². The molecule has 0 aliphatic carbocycles. The Morgan fingerprint density at radius 3 is 2.81 bits per heavy atom. The highest BCUT2D eigenvalue weighted by Gasteiger charge is 2.07. The fraction of sp³-hybridized carbons (Fsp3) is 0.100. The molecular formula is C10H8BrN3O2. The molecule has 0 unspecified atom stereocenters. The summed E-state index contributed by atoms with van der Waals surface area (Å²) in [4.78, 5) is 22.4. The normalized spacial score (nSPS) is 9.00. The largest absolute Gasteiger partial charge is 0.343 e. The molecule has 2 amide bonds. The lowest BCUT2D eigenvalue weighted by Crippen LogP contribution is -2.34. The van der Waals surface area contributed by atoms with E-state index in [0.717, 1.165) is 4.47 Å². The van der Waals surface area contributed by atoms with Crippen LogP contribution in [0.1, 0.15) is 10.4 Å². The molecule has 0 aromatic heterocycles. The molecule has 0 heterocycles.